The number of carboxylic acids is 1. The second kappa shape index (κ2) is 5.55. The minimum atomic E-state index is -1.06. The van der Waals surface area contributed by atoms with E-state index in [1.165, 1.54) is 6.07 Å². The van der Waals surface area contributed by atoms with Crippen molar-refractivity contribution >= 4 is 39.1 Å². The van der Waals surface area contributed by atoms with Gasteiger partial charge in [0.1, 0.15) is 15.5 Å². The summed E-state index contributed by atoms with van der Waals surface area (Å²) in [6, 6.07) is 6.96. The Hall–Kier alpha value is -2.18. The molecule has 2 heterocycles. The van der Waals surface area contributed by atoms with Crippen LogP contribution in [0.25, 0.3) is 10.2 Å². The van der Waals surface area contributed by atoms with Gasteiger partial charge in [-0.15, -0.1) is 11.3 Å². The van der Waals surface area contributed by atoms with E-state index in [0.717, 1.165) is 22.5 Å². The fourth-order valence-electron chi connectivity index (χ4n) is 2.18. The van der Waals surface area contributed by atoms with Gasteiger partial charge >= 0.3 is 5.97 Å². The van der Waals surface area contributed by atoms with Crippen molar-refractivity contribution < 1.29 is 9.90 Å². The Balaban J connectivity index is 2.02. The normalized spacial score (nSPS) is 11.0. The van der Waals surface area contributed by atoms with Crippen molar-refractivity contribution in [2.24, 2.45) is 0 Å². The molecule has 1 aromatic carbocycles. The molecule has 0 spiro atoms. The fraction of sp³-hybridized carbons (Fsp3) is 0.133. The highest BCUT2D eigenvalue weighted by Crippen LogP contribution is 2.22. The van der Waals surface area contributed by atoms with Crippen LogP contribution in [-0.4, -0.2) is 21.0 Å². The van der Waals surface area contributed by atoms with Crippen molar-refractivity contribution in [3.05, 3.63) is 61.5 Å². The monoisotopic (exact) mass is 334 g/mol. The first-order valence-electron chi connectivity index (χ1n) is 6.45. The van der Waals surface area contributed by atoms with E-state index in [2.05, 4.69) is 9.97 Å². The third-order valence-corrected chi connectivity index (χ3v) is 4.70. The van der Waals surface area contributed by atoms with Gasteiger partial charge in [0.25, 0.3) is 5.56 Å². The molecule has 0 aliphatic carbocycles. The highest BCUT2D eigenvalue weighted by atomic mass is 35.5. The third-order valence-electron chi connectivity index (χ3n) is 3.26. The number of halogens is 1. The van der Waals surface area contributed by atoms with Gasteiger partial charge in [-0.25, -0.2) is 9.78 Å². The van der Waals surface area contributed by atoms with Crippen molar-refractivity contribution in [1.29, 1.82) is 0 Å². The van der Waals surface area contributed by atoms with Crippen LogP contribution in [-0.2, 0) is 6.42 Å². The number of benzene rings is 1. The molecule has 0 bridgehead atoms. The quantitative estimate of drug-likeness (QED) is 0.770. The molecule has 7 heteroatoms. The third kappa shape index (κ3) is 2.75. The van der Waals surface area contributed by atoms with Gasteiger partial charge in [0.05, 0.1) is 5.39 Å². The molecular formula is C15H11ClN2O3S. The molecule has 0 radical (unpaired) electrons. The molecule has 3 rings (SSSR count). The number of aromatic amines is 1. The summed E-state index contributed by atoms with van der Waals surface area (Å²) >= 11 is 6.99. The van der Waals surface area contributed by atoms with E-state index in [0.29, 0.717) is 27.5 Å². The number of carbonyl (C=O) groups is 1. The van der Waals surface area contributed by atoms with Crippen molar-refractivity contribution in [2.45, 2.75) is 13.3 Å². The van der Waals surface area contributed by atoms with Crippen molar-refractivity contribution in [2.75, 3.05) is 0 Å². The Morgan fingerprint density at radius 2 is 2.18 bits per heavy atom. The van der Waals surface area contributed by atoms with Crippen molar-refractivity contribution in [3.8, 4) is 0 Å². The molecule has 112 valence electrons. The summed E-state index contributed by atoms with van der Waals surface area (Å²) in [6.45, 7) is 1.91. The first-order valence-corrected chi connectivity index (χ1v) is 7.64. The maximum atomic E-state index is 12.0. The predicted molar refractivity (Wildman–Crippen MR) is 86.2 cm³/mol. The summed E-state index contributed by atoms with van der Waals surface area (Å²) in [7, 11) is 0. The number of nitrogens with one attached hydrogen (secondary N) is 1. The molecule has 0 amide bonds. The van der Waals surface area contributed by atoms with Crippen LogP contribution < -0.4 is 5.56 Å². The number of aromatic carboxylic acids is 1. The van der Waals surface area contributed by atoms with Crippen LogP contribution in [0.2, 0.25) is 5.02 Å². The zero-order valence-corrected chi connectivity index (χ0v) is 13.1. The van der Waals surface area contributed by atoms with Gasteiger partial charge in [-0.05, 0) is 30.2 Å². The first kappa shape index (κ1) is 14.7. The van der Waals surface area contributed by atoms with Gasteiger partial charge in [0, 0.05) is 11.4 Å². The van der Waals surface area contributed by atoms with E-state index in [9.17, 15) is 9.59 Å². The van der Waals surface area contributed by atoms with Crippen molar-refractivity contribution in [3.63, 3.8) is 0 Å². The second-order valence-electron chi connectivity index (χ2n) is 4.91. The number of hydrogen-bond donors (Lipinski definition) is 2. The predicted octanol–water partition coefficient (Wildman–Crippen LogP) is 3.24. The number of carboxylic acid groups (broad SMARTS) is 1. The van der Waals surface area contributed by atoms with E-state index in [4.69, 9.17) is 16.7 Å². The van der Waals surface area contributed by atoms with Gasteiger partial charge in [0.2, 0.25) is 0 Å². The maximum Gasteiger partial charge on any atom is 0.345 e. The van der Waals surface area contributed by atoms with Crippen LogP contribution in [0.1, 0.15) is 26.6 Å². The highest BCUT2D eigenvalue weighted by Gasteiger charge is 2.13. The molecule has 5 nitrogen and oxygen atoms in total. The van der Waals surface area contributed by atoms with Gasteiger partial charge in [0.15, 0.2) is 0 Å². The van der Waals surface area contributed by atoms with E-state index in [1.54, 1.807) is 6.07 Å². The van der Waals surface area contributed by atoms with E-state index in [1.807, 2.05) is 19.1 Å². The summed E-state index contributed by atoms with van der Waals surface area (Å²) in [5, 5.41) is 9.98. The molecule has 0 atom stereocenters. The summed E-state index contributed by atoms with van der Waals surface area (Å²) < 4.78 is 0. The summed E-state index contributed by atoms with van der Waals surface area (Å²) in [5.41, 5.74) is 1.60. The second-order valence-corrected chi connectivity index (χ2v) is 6.35. The molecular weight excluding hydrogens is 324 g/mol. The SMILES string of the molecule is Cc1cc(Cc2nc3sc(C(=O)O)cc3c(=O)[nH]2)ccc1Cl. The number of rotatable bonds is 3. The standard InChI is InChI=1S/C15H11ClN2O3S/c1-7-4-8(2-3-10(7)16)5-12-17-13(19)9-6-11(15(20)21)22-14(9)18-12/h2-4,6H,5H2,1H3,(H,20,21)(H,17,18,19). The fourth-order valence-corrected chi connectivity index (χ4v) is 3.18. The number of H-pyrrole nitrogens is 1. The van der Waals surface area contributed by atoms with Gasteiger partial charge in [-0.1, -0.05) is 23.7 Å². The molecule has 0 aliphatic rings. The van der Waals surface area contributed by atoms with Crippen LogP contribution in [0.5, 0.6) is 0 Å². The maximum absolute atomic E-state index is 12.0. The smallest absolute Gasteiger partial charge is 0.345 e. The molecule has 0 saturated heterocycles. The molecule has 2 N–H and O–H groups in total. The molecule has 22 heavy (non-hydrogen) atoms. The van der Waals surface area contributed by atoms with Crippen molar-refractivity contribution in [1.82, 2.24) is 9.97 Å². The lowest BCUT2D eigenvalue weighted by Crippen LogP contribution is -2.11. The molecule has 0 saturated carbocycles. The first-order chi connectivity index (χ1) is 10.4. The Labute approximate surface area is 134 Å². The Kier molecular flexibility index (Phi) is 3.72. The summed E-state index contributed by atoms with van der Waals surface area (Å²) in [5.74, 6) is -0.560. The van der Waals surface area contributed by atoms with Crippen LogP contribution >= 0.6 is 22.9 Å². The van der Waals surface area contributed by atoms with Gasteiger partial charge in [-0.3, -0.25) is 4.79 Å². The highest BCUT2D eigenvalue weighted by molar-refractivity contribution is 7.20. The molecule has 3 aromatic rings. The number of thiophene rings is 1. The zero-order valence-electron chi connectivity index (χ0n) is 11.5. The molecule has 0 unspecified atom stereocenters. The minimum absolute atomic E-state index is 0.104. The zero-order chi connectivity index (χ0) is 15.9. The summed E-state index contributed by atoms with van der Waals surface area (Å²) in [4.78, 5) is 30.6. The van der Waals surface area contributed by atoms with Crippen LogP contribution in [0.3, 0.4) is 0 Å². The van der Waals surface area contributed by atoms with Gasteiger partial charge in [-0.2, -0.15) is 0 Å². The minimum Gasteiger partial charge on any atom is -0.477 e. The number of fused-ring (bicyclic) bond motifs is 1. The number of aryl methyl sites for hydroxylation is 1. The Morgan fingerprint density at radius 1 is 1.41 bits per heavy atom. The lowest BCUT2D eigenvalue weighted by molar-refractivity contribution is 0.0702. The Morgan fingerprint density at radius 3 is 2.86 bits per heavy atom. The largest absolute Gasteiger partial charge is 0.477 e. The summed E-state index contributed by atoms with van der Waals surface area (Å²) in [6.07, 6.45) is 0.448. The Bertz CT molecular complexity index is 946. The number of aromatic nitrogens is 2. The number of nitrogens with zero attached hydrogens (tertiary/aromatic N) is 1. The van der Waals surface area contributed by atoms with E-state index in [-0.39, 0.29) is 10.4 Å². The van der Waals surface area contributed by atoms with Crippen LogP contribution in [0.4, 0.5) is 0 Å². The van der Waals surface area contributed by atoms with E-state index >= 15 is 0 Å². The lowest BCUT2D eigenvalue weighted by atomic mass is 10.1. The lowest BCUT2D eigenvalue weighted by Gasteiger charge is -2.04. The molecule has 0 fully saturated rings. The average Bonchev–Trinajstić information content (AvgIpc) is 2.88. The number of hydrogen-bond acceptors (Lipinski definition) is 4. The average molecular weight is 335 g/mol. The topological polar surface area (TPSA) is 83.0 Å². The van der Waals surface area contributed by atoms with Gasteiger partial charge < -0.3 is 10.1 Å². The molecule has 2 aromatic heterocycles. The molecule has 0 aliphatic heterocycles. The van der Waals surface area contributed by atoms with Crippen LogP contribution in [0, 0.1) is 6.92 Å². The van der Waals surface area contributed by atoms with Crippen LogP contribution in [0.15, 0.2) is 29.1 Å². The van der Waals surface area contributed by atoms with E-state index < -0.39 is 5.97 Å².